The Kier molecular flexibility index (Phi) is 5.09. The molecule has 6 heteroatoms. The van der Waals surface area contributed by atoms with Gasteiger partial charge in [-0.3, -0.25) is 4.79 Å². The minimum Gasteiger partial charge on any atom is -0.338 e. The highest BCUT2D eigenvalue weighted by atomic mass is 16.1. The zero-order valence-electron chi connectivity index (χ0n) is 16.0. The number of hydrogen-bond acceptors (Lipinski definition) is 4. The maximum absolute atomic E-state index is 12.1. The molecule has 3 aromatic rings. The molecule has 1 saturated heterocycles. The van der Waals surface area contributed by atoms with Crippen LogP contribution in [0.3, 0.4) is 0 Å². The molecule has 4 rings (SSSR count). The van der Waals surface area contributed by atoms with Gasteiger partial charge in [0.2, 0.25) is 0 Å². The van der Waals surface area contributed by atoms with Gasteiger partial charge in [-0.2, -0.15) is 0 Å². The number of aromatic amines is 2. The van der Waals surface area contributed by atoms with E-state index in [0.29, 0.717) is 17.3 Å². The maximum Gasteiger partial charge on any atom is 0.258 e. The Morgan fingerprint density at radius 1 is 1.30 bits per heavy atom. The Labute approximate surface area is 159 Å². The number of aromatic nitrogens is 3. The van der Waals surface area contributed by atoms with Crippen molar-refractivity contribution in [2.24, 2.45) is 0 Å². The maximum atomic E-state index is 12.1. The number of imidazole rings is 1. The largest absolute Gasteiger partial charge is 0.338 e. The molecule has 0 spiro atoms. The van der Waals surface area contributed by atoms with E-state index in [9.17, 15) is 4.79 Å². The number of nitrogens with one attached hydrogen (secondary N) is 3. The predicted octanol–water partition coefficient (Wildman–Crippen LogP) is 2.63. The van der Waals surface area contributed by atoms with E-state index in [-0.39, 0.29) is 5.56 Å². The van der Waals surface area contributed by atoms with Crippen LogP contribution in [0.25, 0.3) is 22.4 Å². The molecule has 1 aliphatic heterocycles. The first-order valence-corrected chi connectivity index (χ1v) is 9.71. The summed E-state index contributed by atoms with van der Waals surface area (Å²) in [5, 5.41) is 3.23. The highest BCUT2D eigenvalue weighted by Gasteiger charge is 2.21. The topological polar surface area (TPSA) is 76.8 Å². The molecule has 2 aromatic heterocycles. The zero-order valence-corrected chi connectivity index (χ0v) is 16.0. The van der Waals surface area contributed by atoms with Crippen molar-refractivity contribution in [2.75, 3.05) is 33.2 Å². The van der Waals surface area contributed by atoms with Gasteiger partial charge in [-0.05, 0) is 75.1 Å². The Hall–Kier alpha value is -2.44. The highest BCUT2D eigenvalue weighted by molar-refractivity contribution is 5.83. The molecule has 0 bridgehead atoms. The molecule has 3 N–H and O–H groups in total. The molecule has 6 nitrogen and oxygen atoms in total. The van der Waals surface area contributed by atoms with Crippen LogP contribution in [0.4, 0.5) is 0 Å². The number of fused-ring (bicyclic) bond motifs is 1. The molecule has 0 amide bonds. The smallest absolute Gasteiger partial charge is 0.258 e. The second kappa shape index (κ2) is 7.66. The van der Waals surface area contributed by atoms with E-state index in [4.69, 9.17) is 0 Å². The summed E-state index contributed by atoms with van der Waals surface area (Å²) in [7, 11) is 2.01. The average Bonchev–Trinajstić information content (AvgIpc) is 3.11. The Bertz CT molecular complexity index is 982. The van der Waals surface area contributed by atoms with Crippen molar-refractivity contribution in [1.82, 2.24) is 25.2 Å². The minimum atomic E-state index is -0.122. The number of hydrogen-bond donors (Lipinski definition) is 3. The minimum absolute atomic E-state index is 0.122. The Morgan fingerprint density at radius 3 is 2.85 bits per heavy atom. The fourth-order valence-electron chi connectivity index (χ4n) is 4.05. The monoisotopic (exact) mass is 365 g/mol. The predicted molar refractivity (Wildman–Crippen MR) is 109 cm³/mol. The van der Waals surface area contributed by atoms with Crippen LogP contribution >= 0.6 is 0 Å². The molecule has 142 valence electrons. The molecule has 1 aromatic carbocycles. The van der Waals surface area contributed by atoms with Crippen molar-refractivity contribution in [3.8, 4) is 11.4 Å². The van der Waals surface area contributed by atoms with Crippen molar-refractivity contribution in [1.29, 1.82) is 0 Å². The standard InChI is InChI=1S/C21H27N5O/c1-14-12-16(15-5-9-26(10-6-15)11-8-22-2)13-18-19(14)25-20(24-18)17-4-3-7-23-21(17)27/h3-4,7,12-13,15,22H,5-6,8-11H2,1-2H3,(H,23,27)(H,24,25). The third-order valence-electron chi connectivity index (χ3n) is 5.61. The number of pyridine rings is 1. The molecular formula is C21H27N5O. The van der Waals surface area contributed by atoms with Crippen molar-refractivity contribution >= 4 is 11.0 Å². The molecule has 0 unspecified atom stereocenters. The van der Waals surface area contributed by atoms with E-state index in [1.807, 2.05) is 13.1 Å². The average molecular weight is 365 g/mol. The van der Waals surface area contributed by atoms with Crippen LogP contribution in [-0.2, 0) is 0 Å². The van der Waals surface area contributed by atoms with Crippen LogP contribution in [0.2, 0.25) is 0 Å². The second-order valence-electron chi connectivity index (χ2n) is 7.45. The van der Waals surface area contributed by atoms with E-state index in [0.717, 1.165) is 42.8 Å². The third-order valence-corrected chi connectivity index (χ3v) is 5.61. The summed E-state index contributed by atoms with van der Waals surface area (Å²) in [4.78, 5) is 25.4. The van der Waals surface area contributed by atoms with E-state index in [1.165, 1.54) is 18.4 Å². The molecule has 0 saturated carbocycles. The summed E-state index contributed by atoms with van der Waals surface area (Å²) in [5.41, 5.74) is 4.96. The summed E-state index contributed by atoms with van der Waals surface area (Å²) < 4.78 is 0. The van der Waals surface area contributed by atoms with Crippen LogP contribution in [0.5, 0.6) is 0 Å². The van der Waals surface area contributed by atoms with Gasteiger partial charge in [-0.15, -0.1) is 0 Å². The van der Waals surface area contributed by atoms with Crippen molar-refractivity contribution < 1.29 is 0 Å². The SMILES string of the molecule is CNCCN1CCC(c2cc(C)c3nc(-c4ccc[nH]c4=O)[nH]c3c2)CC1. The van der Waals surface area contributed by atoms with Gasteiger partial charge in [0.1, 0.15) is 5.82 Å². The molecule has 3 heterocycles. The lowest BCUT2D eigenvalue weighted by Gasteiger charge is -2.32. The first kappa shape index (κ1) is 17.9. The van der Waals surface area contributed by atoms with E-state index < -0.39 is 0 Å². The lowest BCUT2D eigenvalue weighted by atomic mass is 9.88. The Balaban J connectivity index is 1.59. The quantitative estimate of drug-likeness (QED) is 0.650. The van der Waals surface area contributed by atoms with Gasteiger partial charge >= 0.3 is 0 Å². The summed E-state index contributed by atoms with van der Waals surface area (Å²) in [6.45, 7) is 6.57. The molecule has 0 aliphatic carbocycles. The van der Waals surface area contributed by atoms with Gasteiger partial charge in [0.05, 0.1) is 16.6 Å². The summed E-state index contributed by atoms with van der Waals surface area (Å²) >= 11 is 0. The van der Waals surface area contributed by atoms with Crippen molar-refractivity contribution in [3.05, 3.63) is 51.9 Å². The lowest BCUT2D eigenvalue weighted by molar-refractivity contribution is 0.214. The Morgan fingerprint density at radius 2 is 2.11 bits per heavy atom. The van der Waals surface area contributed by atoms with Gasteiger partial charge in [0, 0.05) is 19.3 Å². The number of aryl methyl sites for hydroxylation is 1. The van der Waals surface area contributed by atoms with Gasteiger partial charge < -0.3 is 20.2 Å². The number of benzene rings is 1. The number of rotatable bonds is 5. The number of likely N-dealkylation sites (N-methyl/N-ethyl adjacent to an activating group) is 1. The van der Waals surface area contributed by atoms with Gasteiger partial charge in [-0.1, -0.05) is 6.07 Å². The van der Waals surface area contributed by atoms with E-state index in [1.54, 1.807) is 12.3 Å². The number of piperidine rings is 1. The summed E-state index contributed by atoms with van der Waals surface area (Å²) in [5.74, 6) is 1.22. The summed E-state index contributed by atoms with van der Waals surface area (Å²) in [6.07, 6.45) is 4.02. The zero-order chi connectivity index (χ0) is 18.8. The molecule has 0 radical (unpaired) electrons. The summed E-state index contributed by atoms with van der Waals surface area (Å²) in [6, 6.07) is 8.12. The number of H-pyrrole nitrogens is 2. The van der Waals surface area contributed by atoms with Gasteiger partial charge in [-0.25, -0.2) is 4.98 Å². The number of nitrogens with zero attached hydrogens (tertiary/aromatic N) is 2. The fourth-order valence-corrected chi connectivity index (χ4v) is 4.05. The van der Waals surface area contributed by atoms with Crippen LogP contribution in [0, 0.1) is 6.92 Å². The van der Waals surface area contributed by atoms with Crippen LogP contribution in [-0.4, -0.2) is 53.1 Å². The highest BCUT2D eigenvalue weighted by Crippen LogP contribution is 2.32. The third kappa shape index (κ3) is 3.68. The number of likely N-dealkylation sites (tertiary alicyclic amines) is 1. The first-order valence-electron chi connectivity index (χ1n) is 9.71. The first-order chi connectivity index (χ1) is 13.2. The van der Waals surface area contributed by atoms with E-state index in [2.05, 4.69) is 44.2 Å². The molecule has 1 fully saturated rings. The molecular weight excluding hydrogens is 338 g/mol. The van der Waals surface area contributed by atoms with Crippen molar-refractivity contribution in [3.63, 3.8) is 0 Å². The molecule has 27 heavy (non-hydrogen) atoms. The fraction of sp³-hybridized carbons (Fsp3) is 0.429. The van der Waals surface area contributed by atoms with Crippen LogP contribution in [0.1, 0.15) is 29.9 Å². The van der Waals surface area contributed by atoms with Gasteiger partial charge in [0.15, 0.2) is 0 Å². The normalized spacial score (nSPS) is 16.2. The van der Waals surface area contributed by atoms with Gasteiger partial charge in [0.25, 0.3) is 5.56 Å². The van der Waals surface area contributed by atoms with Crippen molar-refractivity contribution in [2.45, 2.75) is 25.7 Å². The second-order valence-corrected chi connectivity index (χ2v) is 7.45. The van der Waals surface area contributed by atoms with E-state index >= 15 is 0 Å². The lowest BCUT2D eigenvalue weighted by Crippen LogP contribution is -2.37. The van der Waals surface area contributed by atoms with Crippen LogP contribution in [0.15, 0.2) is 35.3 Å². The molecule has 1 aliphatic rings. The van der Waals surface area contributed by atoms with Crippen LogP contribution < -0.4 is 10.9 Å². The molecule has 0 atom stereocenters.